The highest BCUT2D eigenvalue weighted by molar-refractivity contribution is 7.89. The molecule has 0 bridgehead atoms. The van der Waals surface area contributed by atoms with Crippen LogP contribution in [0.5, 0.6) is 0 Å². The number of carbonyl (C=O) groups is 1. The Labute approximate surface area is 218 Å². The van der Waals surface area contributed by atoms with Crippen LogP contribution in [0.2, 0.25) is 0 Å². The molecule has 1 aromatic heterocycles. The van der Waals surface area contributed by atoms with Gasteiger partial charge in [-0.25, -0.2) is 8.42 Å². The van der Waals surface area contributed by atoms with Crippen LogP contribution in [0.3, 0.4) is 0 Å². The highest BCUT2D eigenvalue weighted by Crippen LogP contribution is 2.31. The Morgan fingerprint density at radius 2 is 1.62 bits per heavy atom. The number of anilines is 1. The number of amides is 1. The molecule has 194 valence electrons. The maximum atomic E-state index is 13.1. The smallest absolute Gasteiger partial charge is 0.279 e. The zero-order chi connectivity index (χ0) is 26.2. The van der Waals surface area contributed by atoms with Gasteiger partial charge in [0.25, 0.3) is 5.91 Å². The van der Waals surface area contributed by atoms with E-state index >= 15 is 0 Å². The first-order valence-electron chi connectivity index (χ1n) is 13.0. The number of para-hydroxylation sites is 1. The number of hydrogen-bond acceptors (Lipinski definition) is 3. The maximum absolute atomic E-state index is 13.1. The second kappa shape index (κ2) is 10.3. The van der Waals surface area contributed by atoms with Crippen molar-refractivity contribution in [2.75, 3.05) is 38.0 Å². The SMILES string of the molecule is CCn1c2ccccc2c2cc(NC(=O)C[NH+]3CCN(S(=O)(=O)c4ccc(C(C)C)cc4)CC3)ccc21. The molecule has 37 heavy (non-hydrogen) atoms. The summed E-state index contributed by atoms with van der Waals surface area (Å²) >= 11 is 0. The zero-order valence-corrected chi connectivity index (χ0v) is 22.5. The maximum Gasteiger partial charge on any atom is 0.279 e. The first-order valence-corrected chi connectivity index (χ1v) is 14.5. The molecule has 0 radical (unpaired) electrons. The summed E-state index contributed by atoms with van der Waals surface area (Å²) in [5.74, 6) is 0.294. The van der Waals surface area contributed by atoms with Gasteiger partial charge in [-0.15, -0.1) is 0 Å². The Kier molecular flexibility index (Phi) is 7.07. The van der Waals surface area contributed by atoms with Gasteiger partial charge in [0, 0.05) is 34.0 Å². The molecular formula is C29H35N4O3S+. The van der Waals surface area contributed by atoms with Crippen LogP contribution in [0.25, 0.3) is 21.8 Å². The van der Waals surface area contributed by atoms with Gasteiger partial charge in [-0.3, -0.25) is 4.79 Å². The van der Waals surface area contributed by atoms with E-state index in [4.69, 9.17) is 0 Å². The van der Waals surface area contributed by atoms with E-state index in [9.17, 15) is 13.2 Å². The van der Waals surface area contributed by atoms with Gasteiger partial charge in [0.05, 0.1) is 31.1 Å². The number of nitrogens with zero attached hydrogens (tertiary/aromatic N) is 2. The summed E-state index contributed by atoms with van der Waals surface area (Å²) in [4.78, 5) is 14.3. The van der Waals surface area contributed by atoms with Gasteiger partial charge in [0.15, 0.2) is 6.54 Å². The first-order chi connectivity index (χ1) is 17.8. The Morgan fingerprint density at radius 3 is 2.30 bits per heavy atom. The lowest BCUT2D eigenvalue weighted by atomic mass is 10.0. The fourth-order valence-corrected chi connectivity index (χ4v) is 6.74. The molecule has 5 rings (SSSR count). The van der Waals surface area contributed by atoms with E-state index in [1.165, 1.54) is 15.2 Å². The number of quaternary nitrogens is 1. The standard InChI is InChI=1S/C29H34N4O3S/c1-4-33-27-8-6-5-7-25(27)26-19-23(11-14-28(26)33)30-29(34)20-31-15-17-32(18-16-31)37(35,36)24-12-9-22(10-13-24)21(2)3/h5-14,19,21H,4,15-18,20H2,1-3H3,(H,30,34)/p+1. The molecule has 2 N–H and O–H groups in total. The van der Waals surface area contributed by atoms with Gasteiger partial charge in [-0.1, -0.05) is 44.2 Å². The molecule has 8 heteroatoms. The molecule has 2 heterocycles. The fourth-order valence-electron chi connectivity index (χ4n) is 5.30. The number of benzene rings is 3. The first kappa shape index (κ1) is 25.4. The van der Waals surface area contributed by atoms with Gasteiger partial charge in [0.1, 0.15) is 0 Å². The van der Waals surface area contributed by atoms with Gasteiger partial charge in [-0.05, 0) is 54.8 Å². The third-order valence-electron chi connectivity index (χ3n) is 7.40. The van der Waals surface area contributed by atoms with Crippen molar-refractivity contribution in [2.45, 2.75) is 38.1 Å². The molecule has 0 unspecified atom stereocenters. The number of sulfonamides is 1. The van der Waals surface area contributed by atoms with Gasteiger partial charge in [0.2, 0.25) is 10.0 Å². The van der Waals surface area contributed by atoms with E-state index in [1.807, 2.05) is 36.4 Å². The van der Waals surface area contributed by atoms with Crippen LogP contribution in [0, 0.1) is 0 Å². The molecule has 1 amide bonds. The normalized spacial score (nSPS) is 15.6. The Hall–Kier alpha value is -3.20. The summed E-state index contributed by atoms with van der Waals surface area (Å²) in [6.45, 7) is 9.50. The van der Waals surface area contributed by atoms with Crippen molar-refractivity contribution in [3.05, 3.63) is 72.3 Å². The molecular weight excluding hydrogens is 484 g/mol. The Bertz CT molecular complexity index is 1530. The number of nitrogens with one attached hydrogen (secondary N) is 2. The van der Waals surface area contributed by atoms with E-state index in [2.05, 4.69) is 48.9 Å². The lowest BCUT2D eigenvalue weighted by Gasteiger charge is -2.31. The highest BCUT2D eigenvalue weighted by atomic mass is 32.2. The highest BCUT2D eigenvalue weighted by Gasteiger charge is 2.31. The molecule has 0 atom stereocenters. The molecule has 4 aromatic rings. The largest absolute Gasteiger partial charge is 0.341 e. The average molecular weight is 520 g/mol. The number of hydrogen-bond donors (Lipinski definition) is 2. The van der Waals surface area contributed by atoms with Crippen LogP contribution in [-0.4, -0.2) is 55.9 Å². The molecule has 1 aliphatic rings. The van der Waals surface area contributed by atoms with Crippen molar-refractivity contribution in [3.8, 4) is 0 Å². The molecule has 1 saturated heterocycles. The summed E-state index contributed by atoms with van der Waals surface area (Å²) in [7, 11) is -3.53. The minimum atomic E-state index is -3.53. The van der Waals surface area contributed by atoms with Crippen LogP contribution >= 0.6 is 0 Å². The monoisotopic (exact) mass is 519 g/mol. The molecule has 0 aliphatic carbocycles. The van der Waals surface area contributed by atoms with Crippen LogP contribution in [0.4, 0.5) is 5.69 Å². The van der Waals surface area contributed by atoms with Crippen molar-refractivity contribution in [1.29, 1.82) is 0 Å². The van der Waals surface area contributed by atoms with Crippen LogP contribution in [0.1, 0.15) is 32.3 Å². The lowest BCUT2D eigenvalue weighted by molar-refractivity contribution is -0.895. The molecule has 0 spiro atoms. The summed E-state index contributed by atoms with van der Waals surface area (Å²) in [6.07, 6.45) is 0. The van der Waals surface area contributed by atoms with Crippen molar-refractivity contribution in [1.82, 2.24) is 8.87 Å². The number of fused-ring (bicyclic) bond motifs is 3. The zero-order valence-electron chi connectivity index (χ0n) is 21.7. The average Bonchev–Trinajstić information content (AvgIpc) is 3.22. The second-order valence-electron chi connectivity index (χ2n) is 10.1. The van der Waals surface area contributed by atoms with Crippen LogP contribution in [0.15, 0.2) is 71.6 Å². The molecule has 1 fully saturated rings. The minimum Gasteiger partial charge on any atom is -0.341 e. The van der Waals surface area contributed by atoms with E-state index in [0.717, 1.165) is 33.6 Å². The van der Waals surface area contributed by atoms with Gasteiger partial charge < -0.3 is 14.8 Å². The number of aryl methyl sites for hydroxylation is 1. The molecule has 1 aliphatic heterocycles. The van der Waals surface area contributed by atoms with E-state index in [0.29, 0.717) is 43.5 Å². The van der Waals surface area contributed by atoms with Crippen molar-refractivity contribution < 1.29 is 18.1 Å². The summed E-state index contributed by atoms with van der Waals surface area (Å²) in [5.41, 5.74) is 4.25. The number of carbonyl (C=O) groups excluding carboxylic acids is 1. The number of rotatable bonds is 7. The minimum absolute atomic E-state index is 0.0610. The van der Waals surface area contributed by atoms with Crippen molar-refractivity contribution in [3.63, 3.8) is 0 Å². The Balaban J connectivity index is 1.21. The quantitative estimate of drug-likeness (QED) is 0.393. The predicted octanol–water partition coefficient (Wildman–Crippen LogP) is 3.47. The molecule has 3 aromatic carbocycles. The lowest BCUT2D eigenvalue weighted by Crippen LogP contribution is -3.15. The summed E-state index contributed by atoms with van der Waals surface area (Å²) in [5, 5.41) is 5.36. The van der Waals surface area contributed by atoms with Crippen molar-refractivity contribution in [2.24, 2.45) is 0 Å². The summed E-state index contributed by atoms with van der Waals surface area (Å²) < 4.78 is 30.0. The van der Waals surface area contributed by atoms with Crippen LogP contribution < -0.4 is 10.2 Å². The number of aromatic nitrogens is 1. The van der Waals surface area contributed by atoms with E-state index < -0.39 is 10.0 Å². The summed E-state index contributed by atoms with van der Waals surface area (Å²) in [6, 6.07) is 21.6. The molecule has 0 saturated carbocycles. The van der Waals surface area contributed by atoms with Crippen LogP contribution in [-0.2, 0) is 21.4 Å². The Morgan fingerprint density at radius 1 is 0.946 bits per heavy atom. The van der Waals surface area contributed by atoms with Crippen molar-refractivity contribution >= 4 is 43.4 Å². The van der Waals surface area contributed by atoms with E-state index in [-0.39, 0.29) is 5.91 Å². The molecule has 7 nitrogen and oxygen atoms in total. The predicted molar refractivity (Wildman–Crippen MR) is 149 cm³/mol. The van der Waals surface area contributed by atoms with E-state index in [1.54, 1.807) is 12.1 Å². The third-order valence-corrected chi connectivity index (χ3v) is 9.31. The second-order valence-corrected chi connectivity index (χ2v) is 12.0. The third kappa shape index (κ3) is 5.01. The fraction of sp³-hybridized carbons (Fsp3) is 0.345. The van der Waals surface area contributed by atoms with Gasteiger partial charge >= 0.3 is 0 Å². The number of piperazine rings is 1. The van der Waals surface area contributed by atoms with Gasteiger partial charge in [-0.2, -0.15) is 4.31 Å². The topological polar surface area (TPSA) is 75.8 Å².